The minimum atomic E-state index is -3.90. The van der Waals surface area contributed by atoms with E-state index >= 15 is 0 Å². The molecule has 0 aromatic heterocycles. The number of hydrogen-bond acceptors (Lipinski definition) is 3. The van der Waals surface area contributed by atoms with Crippen molar-refractivity contribution in [1.82, 2.24) is 0 Å². The Morgan fingerprint density at radius 1 is 1.44 bits per heavy atom. The predicted octanol–water partition coefficient (Wildman–Crippen LogP) is 3.19. The summed E-state index contributed by atoms with van der Waals surface area (Å²) < 4.78 is 31.7. The maximum absolute atomic E-state index is 13.7. The summed E-state index contributed by atoms with van der Waals surface area (Å²) in [7, 11) is 0. The monoisotopic (exact) mass is 297 g/mol. The van der Waals surface area contributed by atoms with Gasteiger partial charge in [0.1, 0.15) is 6.04 Å². The maximum Gasteiger partial charge on any atom is 0.379 e. The largest absolute Gasteiger partial charge is 0.462 e. The van der Waals surface area contributed by atoms with Crippen LogP contribution in [-0.2, 0) is 9.53 Å². The fourth-order valence-corrected chi connectivity index (χ4v) is 1.98. The lowest BCUT2D eigenvalue weighted by atomic mass is 10.0. The molecule has 3 nitrogen and oxygen atoms in total. The molecular formula is C11H11Cl2F2NO2. The van der Waals surface area contributed by atoms with Crippen molar-refractivity contribution in [3.8, 4) is 0 Å². The lowest BCUT2D eigenvalue weighted by Crippen LogP contribution is -2.42. The number of carbonyl (C=O) groups is 1. The molecule has 0 saturated heterocycles. The van der Waals surface area contributed by atoms with Crippen molar-refractivity contribution in [1.29, 1.82) is 0 Å². The highest BCUT2D eigenvalue weighted by Crippen LogP contribution is 2.38. The number of hydrogen-bond donors (Lipinski definition) is 1. The van der Waals surface area contributed by atoms with Crippen molar-refractivity contribution >= 4 is 29.2 Å². The van der Waals surface area contributed by atoms with Gasteiger partial charge in [0.15, 0.2) is 0 Å². The van der Waals surface area contributed by atoms with Crippen LogP contribution in [-0.4, -0.2) is 18.5 Å². The first-order valence-electron chi connectivity index (χ1n) is 5.06. The number of halogens is 4. The maximum atomic E-state index is 13.7. The van der Waals surface area contributed by atoms with Crippen LogP contribution in [0.3, 0.4) is 0 Å². The van der Waals surface area contributed by atoms with Crippen LogP contribution in [0.2, 0.25) is 10.0 Å². The Hall–Kier alpha value is -0.910. The van der Waals surface area contributed by atoms with Crippen LogP contribution >= 0.6 is 23.2 Å². The molecule has 0 unspecified atom stereocenters. The second-order valence-electron chi connectivity index (χ2n) is 3.46. The Kier molecular flexibility index (Phi) is 4.90. The first kappa shape index (κ1) is 15.1. The van der Waals surface area contributed by atoms with Gasteiger partial charge in [-0.2, -0.15) is 8.78 Å². The van der Waals surface area contributed by atoms with E-state index in [1.54, 1.807) is 0 Å². The molecule has 0 saturated carbocycles. The molecule has 18 heavy (non-hydrogen) atoms. The molecule has 1 atom stereocenters. The van der Waals surface area contributed by atoms with Crippen LogP contribution in [0.4, 0.5) is 8.78 Å². The van der Waals surface area contributed by atoms with Gasteiger partial charge in [-0.3, -0.25) is 0 Å². The average molecular weight is 298 g/mol. The molecule has 0 aliphatic carbocycles. The van der Waals surface area contributed by atoms with Crippen molar-refractivity contribution in [3.05, 3.63) is 33.8 Å². The molecular weight excluding hydrogens is 287 g/mol. The Labute approximate surface area is 113 Å². The number of esters is 1. The zero-order valence-corrected chi connectivity index (χ0v) is 10.9. The Morgan fingerprint density at radius 3 is 2.39 bits per heavy atom. The third-order valence-electron chi connectivity index (χ3n) is 2.25. The normalized spacial score (nSPS) is 13.2. The molecule has 0 radical (unpaired) electrons. The van der Waals surface area contributed by atoms with E-state index in [2.05, 4.69) is 4.74 Å². The highest BCUT2D eigenvalue weighted by atomic mass is 35.5. The van der Waals surface area contributed by atoms with E-state index < -0.39 is 17.9 Å². The van der Waals surface area contributed by atoms with Gasteiger partial charge >= 0.3 is 11.9 Å². The number of nitrogens with two attached hydrogens (primary N) is 1. The molecule has 1 rings (SSSR count). The van der Waals surface area contributed by atoms with Gasteiger partial charge in [0.05, 0.1) is 6.61 Å². The van der Waals surface area contributed by atoms with Crippen LogP contribution in [0.5, 0.6) is 0 Å². The van der Waals surface area contributed by atoms with E-state index in [-0.39, 0.29) is 22.2 Å². The van der Waals surface area contributed by atoms with Gasteiger partial charge in [-0.1, -0.05) is 29.3 Å². The topological polar surface area (TPSA) is 52.3 Å². The van der Waals surface area contributed by atoms with E-state index in [9.17, 15) is 13.6 Å². The van der Waals surface area contributed by atoms with E-state index in [4.69, 9.17) is 28.9 Å². The summed E-state index contributed by atoms with van der Waals surface area (Å²) in [4.78, 5) is 11.2. The van der Waals surface area contributed by atoms with Gasteiger partial charge in [0, 0.05) is 15.6 Å². The summed E-state index contributed by atoms with van der Waals surface area (Å²) in [5, 5.41) is -0.0575. The summed E-state index contributed by atoms with van der Waals surface area (Å²) >= 11 is 11.5. The molecule has 0 amide bonds. The fourth-order valence-electron chi connectivity index (χ4n) is 1.34. The minimum absolute atomic E-state index is 0.0287. The smallest absolute Gasteiger partial charge is 0.379 e. The minimum Gasteiger partial charge on any atom is -0.462 e. The second kappa shape index (κ2) is 5.82. The quantitative estimate of drug-likeness (QED) is 0.868. The number of alkyl halides is 2. The molecule has 0 aliphatic heterocycles. The summed E-state index contributed by atoms with van der Waals surface area (Å²) in [6, 6.07) is 2.26. The van der Waals surface area contributed by atoms with Crippen LogP contribution in [0.25, 0.3) is 0 Å². The molecule has 0 spiro atoms. The summed E-state index contributed by atoms with van der Waals surface area (Å²) in [5.74, 6) is -5.60. The predicted molar refractivity (Wildman–Crippen MR) is 65.0 cm³/mol. The van der Waals surface area contributed by atoms with E-state index in [0.29, 0.717) is 0 Å². The summed E-state index contributed by atoms with van der Waals surface area (Å²) in [6.07, 6.45) is 0. The first-order chi connectivity index (χ1) is 8.32. The standard InChI is InChI=1S/C11H11Cl2F2NO2/c1-2-18-10(17)11(14,15)9(16)8-6(12)4-3-5-7(8)13/h3-5,9H,2,16H2,1H3/t9-/m0/s1. The van der Waals surface area contributed by atoms with Crippen LogP contribution < -0.4 is 5.73 Å². The number of ether oxygens (including phenoxy) is 1. The molecule has 0 bridgehead atoms. The van der Waals surface area contributed by atoms with Crippen LogP contribution in [0.15, 0.2) is 18.2 Å². The molecule has 1 aromatic carbocycles. The van der Waals surface area contributed by atoms with Crippen LogP contribution in [0.1, 0.15) is 18.5 Å². The van der Waals surface area contributed by atoms with Crippen LogP contribution in [0, 0.1) is 0 Å². The molecule has 0 aliphatic rings. The van der Waals surface area contributed by atoms with Gasteiger partial charge in [-0.05, 0) is 19.1 Å². The van der Waals surface area contributed by atoms with E-state index in [0.717, 1.165) is 0 Å². The molecule has 0 heterocycles. The molecule has 100 valence electrons. The zero-order chi connectivity index (χ0) is 13.9. The van der Waals surface area contributed by atoms with Gasteiger partial charge in [-0.25, -0.2) is 4.79 Å². The summed E-state index contributed by atoms with van der Waals surface area (Å²) in [5.41, 5.74) is 5.20. The van der Waals surface area contributed by atoms with Crippen molar-refractivity contribution < 1.29 is 18.3 Å². The lowest BCUT2D eigenvalue weighted by Gasteiger charge is -2.23. The second-order valence-corrected chi connectivity index (χ2v) is 4.27. The Balaban J connectivity index is 3.13. The molecule has 2 N–H and O–H groups in total. The number of carbonyl (C=O) groups excluding carboxylic acids is 1. The highest BCUT2D eigenvalue weighted by molar-refractivity contribution is 6.36. The molecule has 0 fully saturated rings. The Bertz CT molecular complexity index is 434. The van der Waals surface area contributed by atoms with Crippen molar-refractivity contribution in [2.75, 3.05) is 6.61 Å². The van der Waals surface area contributed by atoms with Gasteiger partial charge in [-0.15, -0.1) is 0 Å². The Morgan fingerprint density at radius 2 is 1.94 bits per heavy atom. The third-order valence-corrected chi connectivity index (χ3v) is 2.91. The van der Waals surface area contributed by atoms with Gasteiger partial charge in [0.25, 0.3) is 0 Å². The van der Waals surface area contributed by atoms with Gasteiger partial charge in [0.2, 0.25) is 0 Å². The third kappa shape index (κ3) is 2.91. The fraction of sp³-hybridized carbons (Fsp3) is 0.364. The lowest BCUT2D eigenvalue weighted by molar-refractivity contribution is -0.174. The highest BCUT2D eigenvalue weighted by Gasteiger charge is 2.49. The van der Waals surface area contributed by atoms with Crippen molar-refractivity contribution in [2.24, 2.45) is 5.73 Å². The van der Waals surface area contributed by atoms with E-state index in [1.807, 2.05) is 0 Å². The molecule has 1 aromatic rings. The molecule has 7 heteroatoms. The average Bonchev–Trinajstić information content (AvgIpc) is 2.28. The van der Waals surface area contributed by atoms with Gasteiger partial charge < -0.3 is 10.5 Å². The first-order valence-corrected chi connectivity index (χ1v) is 5.82. The SMILES string of the molecule is CCOC(=O)C(F)(F)[C@@H](N)c1c(Cl)cccc1Cl. The van der Waals surface area contributed by atoms with Crippen molar-refractivity contribution in [2.45, 2.75) is 18.9 Å². The van der Waals surface area contributed by atoms with E-state index in [1.165, 1.54) is 25.1 Å². The van der Waals surface area contributed by atoms with Crippen molar-refractivity contribution in [3.63, 3.8) is 0 Å². The summed E-state index contributed by atoms with van der Waals surface area (Å²) in [6.45, 7) is 1.25. The zero-order valence-electron chi connectivity index (χ0n) is 9.42. The number of benzene rings is 1. The number of rotatable bonds is 4.